The molecule has 2 aromatic rings. The van der Waals surface area contributed by atoms with Gasteiger partial charge < -0.3 is 15.3 Å². The molecule has 5 heteroatoms. The number of aromatic nitrogens is 3. The fraction of sp³-hybridized carbons (Fsp3) is 0.400. The van der Waals surface area contributed by atoms with Crippen LogP contribution in [0, 0.1) is 11.8 Å². The molecule has 0 amide bonds. The number of allylic oxidation sites excluding steroid dienone is 2. The van der Waals surface area contributed by atoms with Gasteiger partial charge in [-0.3, -0.25) is 4.98 Å². The number of H-pyrrole nitrogens is 2. The Morgan fingerprint density at radius 1 is 1.28 bits per heavy atom. The van der Waals surface area contributed by atoms with Crippen molar-refractivity contribution in [1.82, 2.24) is 15.0 Å². The molecule has 0 aliphatic heterocycles. The van der Waals surface area contributed by atoms with Crippen molar-refractivity contribution in [2.24, 2.45) is 11.8 Å². The standard InChI is InChI=1S/C20H24N4O/c1-13-3-2-4-14(7-13)10-22-17-8-16(11-21-12-17)15-5-6-18-19(9-15)24-20(25)23-18/h2,4,8-9,11-14,22H,3,5-7,10H2,1H3,(H2,23,24,25)/t13-,14?/m1/s1. The van der Waals surface area contributed by atoms with E-state index < -0.39 is 0 Å². The molecule has 0 radical (unpaired) electrons. The van der Waals surface area contributed by atoms with Gasteiger partial charge >= 0.3 is 5.69 Å². The summed E-state index contributed by atoms with van der Waals surface area (Å²) in [7, 11) is 0. The molecule has 0 fully saturated rings. The van der Waals surface area contributed by atoms with Gasteiger partial charge in [0.25, 0.3) is 0 Å². The lowest BCUT2D eigenvalue weighted by Gasteiger charge is -2.22. The number of hydrogen-bond donors (Lipinski definition) is 3. The van der Waals surface area contributed by atoms with Crippen molar-refractivity contribution in [2.45, 2.75) is 32.6 Å². The van der Waals surface area contributed by atoms with E-state index in [1.165, 1.54) is 18.4 Å². The first-order chi connectivity index (χ1) is 12.2. The summed E-state index contributed by atoms with van der Waals surface area (Å²) in [6.45, 7) is 3.26. The number of aryl methyl sites for hydroxylation is 1. The van der Waals surface area contributed by atoms with Crippen LogP contribution in [0.3, 0.4) is 0 Å². The Hall–Kier alpha value is -2.56. The third-order valence-electron chi connectivity index (χ3n) is 5.13. The van der Waals surface area contributed by atoms with Gasteiger partial charge in [-0.15, -0.1) is 0 Å². The van der Waals surface area contributed by atoms with E-state index in [1.54, 1.807) is 0 Å². The van der Waals surface area contributed by atoms with Crippen LogP contribution in [0.2, 0.25) is 0 Å². The summed E-state index contributed by atoms with van der Waals surface area (Å²) >= 11 is 0. The molecule has 5 nitrogen and oxygen atoms in total. The van der Waals surface area contributed by atoms with Gasteiger partial charge in [0, 0.05) is 24.6 Å². The number of nitrogens with zero attached hydrogens (tertiary/aromatic N) is 1. The topological polar surface area (TPSA) is 73.6 Å². The van der Waals surface area contributed by atoms with Gasteiger partial charge in [0.15, 0.2) is 0 Å². The smallest absolute Gasteiger partial charge is 0.323 e. The summed E-state index contributed by atoms with van der Waals surface area (Å²) in [5.41, 5.74) is 5.14. The Morgan fingerprint density at radius 3 is 3.08 bits per heavy atom. The van der Waals surface area contributed by atoms with E-state index in [2.05, 4.69) is 51.5 Å². The van der Waals surface area contributed by atoms with E-state index in [1.807, 2.05) is 12.4 Å². The van der Waals surface area contributed by atoms with Crippen LogP contribution >= 0.6 is 0 Å². The van der Waals surface area contributed by atoms with E-state index in [0.29, 0.717) is 5.92 Å². The van der Waals surface area contributed by atoms with Gasteiger partial charge in [-0.2, -0.15) is 0 Å². The number of fused-ring (bicyclic) bond motifs is 1. The molecule has 2 aliphatic rings. The number of anilines is 1. The summed E-state index contributed by atoms with van der Waals surface area (Å²) in [6.07, 6.45) is 14.7. The summed E-state index contributed by atoms with van der Waals surface area (Å²) in [6, 6.07) is 2.16. The normalized spacial score (nSPS) is 22.4. The maximum Gasteiger partial charge on any atom is 0.323 e. The van der Waals surface area contributed by atoms with Crippen molar-refractivity contribution in [3.8, 4) is 0 Å². The first-order valence-electron chi connectivity index (χ1n) is 9.05. The number of aromatic amines is 2. The molecule has 0 saturated heterocycles. The van der Waals surface area contributed by atoms with E-state index in [4.69, 9.17) is 0 Å². The monoisotopic (exact) mass is 336 g/mol. The van der Waals surface area contributed by atoms with Crippen molar-refractivity contribution in [3.63, 3.8) is 0 Å². The summed E-state index contributed by atoms with van der Waals surface area (Å²) in [5, 5.41) is 3.53. The average molecular weight is 336 g/mol. The minimum atomic E-state index is -0.134. The fourth-order valence-corrected chi connectivity index (χ4v) is 3.79. The highest BCUT2D eigenvalue weighted by atomic mass is 16.1. The molecule has 0 aromatic carbocycles. The fourth-order valence-electron chi connectivity index (χ4n) is 3.79. The van der Waals surface area contributed by atoms with Gasteiger partial charge in [-0.05, 0) is 60.8 Å². The van der Waals surface area contributed by atoms with Crippen LogP contribution in [-0.4, -0.2) is 21.5 Å². The molecule has 2 aliphatic carbocycles. The zero-order valence-electron chi connectivity index (χ0n) is 14.5. The Kier molecular flexibility index (Phi) is 4.30. The van der Waals surface area contributed by atoms with E-state index in [9.17, 15) is 4.79 Å². The van der Waals surface area contributed by atoms with E-state index in [-0.39, 0.29) is 5.69 Å². The summed E-state index contributed by atoms with van der Waals surface area (Å²) in [5.74, 6) is 1.36. The molecule has 0 spiro atoms. The van der Waals surface area contributed by atoms with Crippen LogP contribution in [0.4, 0.5) is 5.69 Å². The highest BCUT2D eigenvalue weighted by Crippen LogP contribution is 2.29. The number of pyridine rings is 1. The van der Waals surface area contributed by atoms with Crippen molar-refractivity contribution < 1.29 is 0 Å². The second-order valence-corrected chi connectivity index (χ2v) is 7.25. The molecule has 2 heterocycles. The molecule has 3 N–H and O–H groups in total. The highest BCUT2D eigenvalue weighted by Gasteiger charge is 2.16. The first-order valence-corrected chi connectivity index (χ1v) is 9.05. The lowest BCUT2D eigenvalue weighted by molar-refractivity contribution is 0.439. The molecule has 2 atom stereocenters. The number of nitrogens with one attached hydrogen (secondary N) is 3. The molecule has 25 heavy (non-hydrogen) atoms. The van der Waals surface area contributed by atoms with E-state index >= 15 is 0 Å². The van der Waals surface area contributed by atoms with Gasteiger partial charge in [0.2, 0.25) is 0 Å². The van der Waals surface area contributed by atoms with Crippen LogP contribution in [0.1, 0.15) is 43.1 Å². The van der Waals surface area contributed by atoms with Gasteiger partial charge in [0.1, 0.15) is 0 Å². The third kappa shape index (κ3) is 3.60. The van der Waals surface area contributed by atoms with Crippen molar-refractivity contribution in [3.05, 3.63) is 58.0 Å². The quantitative estimate of drug-likeness (QED) is 0.747. The Balaban J connectivity index is 1.48. The second kappa shape index (κ2) is 6.75. The first kappa shape index (κ1) is 15.9. The van der Waals surface area contributed by atoms with Crippen LogP contribution in [-0.2, 0) is 6.42 Å². The van der Waals surface area contributed by atoms with Crippen LogP contribution in [0.25, 0.3) is 11.6 Å². The summed E-state index contributed by atoms with van der Waals surface area (Å²) in [4.78, 5) is 21.5. The number of hydrogen-bond acceptors (Lipinski definition) is 3. The Bertz CT molecular complexity index is 874. The summed E-state index contributed by atoms with van der Waals surface area (Å²) < 4.78 is 0. The molecule has 130 valence electrons. The highest BCUT2D eigenvalue weighted by molar-refractivity contribution is 5.83. The van der Waals surface area contributed by atoms with Crippen molar-refractivity contribution in [1.29, 1.82) is 0 Å². The van der Waals surface area contributed by atoms with E-state index in [0.717, 1.165) is 47.9 Å². The lowest BCUT2D eigenvalue weighted by atomic mass is 9.88. The Morgan fingerprint density at radius 2 is 2.20 bits per heavy atom. The van der Waals surface area contributed by atoms with Crippen molar-refractivity contribution in [2.75, 3.05) is 11.9 Å². The molecular formula is C20H24N4O. The van der Waals surface area contributed by atoms with Crippen molar-refractivity contribution >= 4 is 17.3 Å². The zero-order chi connectivity index (χ0) is 17.2. The predicted molar refractivity (Wildman–Crippen MR) is 101 cm³/mol. The van der Waals surface area contributed by atoms with Gasteiger partial charge in [0.05, 0.1) is 11.4 Å². The van der Waals surface area contributed by atoms with Gasteiger partial charge in [-0.1, -0.05) is 19.1 Å². The average Bonchev–Trinajstić information content (AvgIpc) is 2.99. The van der Waals surface area contributed by atoms with Crippen LogP contribution < -0.4 is 11.0 Å². The lowest BCUT2D eigenvalue weighted by Crippen LogP contribution is -2.17. The molecule has 0 saturated carbocycles. The minimum absolute atomic E-state index is 0.134. The predicted octanol–water partition coefficient (Wildman–Crippen LogP) is 3.60. The molecule has 2 aromatic heterocycles. The Labute approximate surface area is 147 Å². The molecule has 0 bridgehead atoms. The third-order valence-corrected chi connectivity index (χ3v) is 5.13. The zero-order valence-corrected chi connectivity index (χ0v) is 14.5. The molecular weight excluding hydrogens is 312 g/mol. The second-order valence-electron chi connectivity index (χ2n) is 7.25. The minimum Gasteiger partial charge on any atom is -0.383 e. The largest absolute Gasteiger partial charge is 0.383 e. The number of rotatable bonds is 4. The SMILES string of the molecule is C[C@@H]1CC=CC(CNc2cncc(C3=Cc4[nH]c(=O)[nH]c4CC3)c2)C1. The maximum absolute atomic E-state index is 11.4. The van der Waals surface area contributed by atoms with Crippen LogP contribution in [0.15, 0.2) is 35.4 Å². The molecule has 4 rings (SSSR count). The van der Waals surface area contributed by atoms with Gasteiger partial charge in [-0.25, -0.2) is 4.79 Å². The maximum atomic E-state index is 11.4. The molecule has 1 unspecified atom stereocenters. The number of imidazole rings is 1. The van der Waals surface area contributed by atoms with Crippen LogP contribution in [0.5, 0.6) is 0 Å².